The molecular formula is C11H7Cl2N3O2. The summed E-state index contributed by atoms with van der Waals surface area (Å²) in [6, 6.07) is 6.00. The summed E-state index contributed by atoms with van der Waals surface area (Å²) < 4.78 is 0.949. The fraction of sp³-hybridized carbons (Fsp3) is 0. The van der Waals surface area contributed by atoms with Crippen molar-refractivity contribution in [1.29, 1.82) is 0 Å². The Labute approximate surface area is 112 Å². The topological polar surface area (TPSA) is 78.0 Å². The number of rotatable bonds is 2. The van der Waals surface area contributed by atoms with Crippen LogP contribution in [0.3, 0.4) is 0 Å². The van der Waals surface area contributed by atoms with Crippen molar-refractivity contribution in [3.8, 4) is 5.69 Å². The lowest BCUT2D eigenvalue weighted by Crippen LogP contribution is -2.30. The highest BCUT2D eigenvalue weighted by Crippen LogP contribution is 2.26. The normalized spacial score (nSPS) is 10.3. The summed E-state index contributed by atoms with van der Waals surface area (Å²) in [5.41, 5.74) is 4.46. The molecule has 0 fully saturated rings. The summed E-state index contributed by atoms with van der Waals surface area (Å²) in [5.74, 6) is -0.834. The van der Waals surface area contributed by atoms with Crippen LogP contribution < -0.4 is 11.3 Å². The van der Waals surface area contributed by atoms with Crippen molar-refractivity contribution in [1.82, 2.24) is 9.78 Å². The van der Waals surface area contributed by atoms with E-state index in [4.69, 9.17) is 28.9 Å². The maximum Gasteiger partial charge on any atom is 0.284 e. The summed E-state index contributed by atoms with van der Waals surface area (Å²) in [6.45, 7) is 0. The number of primary amides is 1. The molecule has 5 nitrogen and oxygen atoms in total. The predicted molar refractivity (Wildman–Crippen MR) is 68.4 cm³/mol. The van der Waals surface area contributed by atoms with Gasteiger partial charge in [0.25, 0.3) is 11.5 Å². The van der Waals surface area contributed by atoms with Crippen LogP contribution in [0.4, 0.5) is 0 Å². The van der Waals surface area contributed by atoms with E-state index in [1.807, 2.05) is 0 Å². The van der Waals surface area contributed by atoms with Gasteiger partial charge in [-0.1, -0.05) is 29.3 Å². The molecule has 0 saturated heterocycles. The van der Waals surface area contributed by atoms with E-state index in [9.17, 15) is 9.59 Å². The van der Waals surface area contributed by atoms with Gasteiger partial charge in [0.15, 0.2) is 0 Å². The van der Waals surface area contributed by atoms with E-state index in [1.165, 1.54) is 12.3 Å². The SMILES string of the molecule is NC(=O)c1ccnn(-c2c(Cl)cccc2Cl)c1=O. The van der Waals surface area contributed by atoms with E-state index >= 15 is 0 Å². The average Bonchev–Trinajstić information content (AvgIpc) is 2.30. The Morgan fingerprint density at radius 2 is 1.83 bits per heavy atom. The van der Waals surface area contributed by atoms with Gasteiger partial charge in [-0.2, -0.15) is 9.78 Å². The fourth-order valence-corrected chi connectivity index (χ4v) is 2.01. The zero-order valence-corrected chi connectivity index (χ0v) is 10.4. The largest absolute Gasteiger partial charge is 0.365 e. The standard InChI is InChI=1S/C11H7Cl2N3O2/c12-7-2-1-3-8(13)9(7)16-11(18)6(10(14)17)4-5-15-16/h1-5H,(H2,14,17). The first-order chi connectivity index (χ1) is 8.52. The highest BCUT2D eigenvalue weighted by atomic mass is 35.5. The van der Waals surface area contributed by atoms with E-state index in [2.05, 4.69) is 5.10 Å². The number of hydrogen-bond donors (Lipinski definition) is 1. The quantitative estimate of drug-likeness (QED) is 0.910. The van der Waals surface area contributed by atoms with Crippen LogP contribution in [0.2, 0.25) is 10.0 Å². The Morgan fingerprint density at radius 3 is 2.39 bits per heavy atom. The maximum atomic E-state index is 12.0. The first-order valence-electron chi connectivity index (χ1n) is 4.85. The summed E-state index contributed by atoms with van der Waals surface area (Å²) in [5, 5.41) is 4.34. The van der Waals surface area contributed by atoms with Crippen molar-refractivity contribution < 1.29 is 4.79 Å². The van der Waals surface area contributed by atoms with Crippen molar-refractivity contribution in [2.75, 3.05) is 0 Å². The zero-order chi connectivity index (χ0) is 13.3. The van der Waals surface area contributed by atoms with E-state index in [-0.39, 0.29) is 21.3 Å². The Morgan fingerprint density at radius 1 is 1.22 bits per heavy atom. The maximum absolute atomic E-state index is 12.0. The Hall–Kier alpha value is -1.85. The lowest BCUT2D eigenvalue weighted by molar-refractivity contribution is 0.0998. The van der Waals surface area contributed by atoms with Gasteiger partial charge in [0.1, 0.15) is 11.3 Å². The molecule has 7 heteroatoms. The van der Waals surface area contributed by atoms with Crippen molar-refractivity contribution >= 4 is 29.1 Å². The third kappa shape index (κ3) is 2.10. The van der Waals surface area contributed by atoms with Gasteiger partial charge in [-0.3, -0.25) is 9.59 Å². The number of para-hydroxylation sites is 1. The molecular weight excluding hydrogens is 277 g/mol. The van der Waals surface area contributed by atoms with Crippen LogP contribution in [0.1, 0.15) is 10.4 Å². The molecule has 0 aliphatic heterocycles. The molecule has 2 N–H and O–H groups in total. The first kappa shape index (κ1) is 12.6. The van der Waals surface area contributed by atoms with E-state index in [0.29, 0.717) is 0 Å². The molecule has 1 aromatic heterocycles. The van der Waals surface area contributed by atoms with Gasteiger partial charge in [0.2, 0.25) is 0 Å². The zero-order valence-electron chi connectivity index (χ0n) is 8.93. The Bertz CT molecular complexity index is 662. The predicted octanol–water partition coefficient (Wildman–Crippen LogP) is 1.64. The van der Waals surface area contributed by atoms with Gasteiger partial charge in [-0.25, -0.2) is 0 Å². The van der Waals surface area contributed by atoms with Gasteiger partial charge in [0.05, 0.1) is 10.0 Å². The van der Waals surface area contributed by atoms with E-state index < -0.39 is 11.5 Å². The molecule has 0 spiro atoms. The highest BCUT2D eigenvalue weighted by molar-refractivity contribution is 6.37. The molecule has 0 saturated carbocycles. The average molecular weight is 284 g/mol. The van der Waals surface area contributed by atoms with Crippen LogP contribution in [0.5, 0.6) is 0 Å². The number of halogens is 2. The van der Waals surface area contributed by atoms with E-state index in [1.54, 1.807) is 18.2 Å². The second-order valence-corrected chi connectivity index (χ2v) is 4.21. The monoisotopic (exact) mass is 283 g/mol. The smallest absolute Gasteiger partial charge is 0.284 e. The van der Waals surface area contributed by atoms with Crippen molar-refractivity contribution in [3.05, 3.63) is 56.4 Å². The molecule has 2 aromatic rings. The Kier molecular flexibility index (Phi) is 3.36. The van der Waals surface area contributed by atoms with Crippen molar-refractivity contribution in [2.24, 2.45) is 5.73 Å². The third-order valence-electron chi connectivity index (χ3n) is 2.26. The van der Waals surface area contributed by atoms with Crippen LogP contribution in [0, 0.1) is 0 Å². The second-order valence-electron chi connectivity index (χ2n) is 3.40. The molecule has 1 aromatic carbocycles. The van der Waals surface area contributed by atoms with Gasteiger partial charge in [-0.05, 0) is 18.2 Å². The molecule has 18 heavy (non-hydrogen) atoms. The van der Waals surface area contributed by atoms with Crippen LogP contribution >= 0.6 is 23.2 Å². The molecule has 0 aliphatic rings. The molecule has 1 amide bonds. The van der Waals surface area contributed by atoms with Crippen LogP contribution in [-0.4, -0.2) is 15.7 Å². The lowest BCUT2D eigenvalue weighted by atomic mass is 10.2. The number of carbonyl (C=O) groups is 1. The van der Waals surface area contributed by atoms with E-state index in [0.717, 1.165) is 4.68 Å². The van der Waals surface area contributed by atoms with Gasteiger partial charge >= 0.3 is 0 Å². The minimum absolute atomic E-state index is 0.180. The molecule has 0 atom stereocenters. The summed E-state index contributed by atoms with van der Waals surface area (Å²) in [7, 11) is 0. The Balaban J connectivity index is 2.77. The number of benzene rings is 1. The summed E-state index contributed by atoms with van der Waals surface area (Å²) in [6.07, 6.45) is 1.28. The molecule has 92 valence electrons. The first-order valence-corrected chi connectivity index (χ1v) is 5.60. The van der Waals surface area contributed by atoms with Crippen LogP contribution in [0.25, 0.3) is 5.69 Å². The lowest BCUT2D eigenvalue weighted by Gasteiger charge is -2.08. The molecule has 1 heterocycles. The fourth-order valence-electron chi connectivity index (χ4n) is 1.45. The molecule has 0 radical (unpaired) electrons. The van der Waals surface area contributed by atoms with Gasteiger partial charge in [-0.15, -0.1) is 0 Å². The number of nitrogens with two attached hydrogens (primary N) is 1. The number of nitrogens with zero attached hydrogens (tertiary/aromatic N) is 2. The number of amides is 1. The van der Waals surface area contributed by atoms with Gasteiger partial charge < -0.3 is 5.73 Å². The van der Waals surface area contributed by atoms with Crippen molar-refractivity contribution in [3.63, 3.8) is 0 Å². The number of hydrogen-bond acceptors (Lipinski definition) is 3. The third-order valence-corrected chi connectivity index (χ3v) is 2.87. The van der Waals surface area contributed by atoms with Crippen molar-refractivity contribution in [2.45, 2.75) is 0 Å². The molecule has 0 unspecified atom stereocenters. The molecule has 0 bridgehead atoms. The second kappa shape index (κ2) is 4.80. The molecule has 2 rings (SSSR count). The molecule has 0 aliphatic carbocycles. The van der Waals surface area contributed by atoms with Crippen LogP contribution in [-0.2, 0) is 0 Å². The minimum Gasteiger partial charge on any atom is -0.365 e. The number of aromatic nitrogens is 2. The highest BCUT2D eigenvalue weighted by Gasteiger charge is 2.14. The minimum atomic E-state index is -0.834. The van der Waals surface area contributed by atoms with Gasteiger partial charge in [0, 0.05) is 6.20 Å². The summed E-state index contributed by atoms with van der Waals surface area (Å²) >= 11 is 11.9. The number of carbonyl (C=O) groups excluding carboxylic acids is 1. The van der Waals surface area contributed by atoms with Crippen LogP contribution in [0.15, 0.2) is 35.3 Å². The summed E-state index contributed by atoms with van der Waals surface area (Å²) in [4.78, 5) is 23.1.